The molecule has 122 valence electrons. The van der Waals surface area contributed by atoms with Gasteiger partial charge in [-0.15, -0.1) is 0 Å². The molecule has 0 aliphatic heterocycles. The monoisotopic (exact) mass is 317 g/mol. The number of rotatable bonds is 10. The zero-order valence-electron chi connectivity index (χ0n) is 13.4. The molecule has 0 aliphatic rings. The second-order valence-electron chi connectivity index (χ2n) is 4.94. The second-order valence-corrected chi connectivity index (χ2v) is 6.62. The number of hydrogen-bond acceptors (Lipinski definition) is 5. The van der Waals surface area contributed by atoms with E-state index in [1.54, 1.807) is 7.05 Å². The Kier molecular flexibility index (Phi) is 7.30. The van der Waals surface area contributed by atoms with Gasteiger partial charge in [0, 0.05) is 24.3 Å². The van der Waals surface area contributed by atoms with Gasteiger partial charge in [-0.05, 0) is 40.0 Å². The SMILES string of the molecule is CCN(CC)CCCNS(=O)(=O)c1n[nH]c(C)c1CNC. The van der Waals surface area contributed by atoms with Crippen molar-refractivity contribution in [1.29, 1.82) is 0 Å². The number of hydrogen-bond donors (Lipinski definition) is 3. The van der Waals surface area contributed by atoms with E-state index in [1.807, 2.05) is 6.92 Å². The highest BCUT2D eigenvalue weighted by atomic mass is 32.2. The molecular weight excluding hydrogens is 290 g/mol. The van der Waals surface area contributed by atoms with Crippen LogP contribution >= 0.6 is 0 Å². The number of nitrogens with one attached hydrogen (secondary N) is 3. The predicted molar refractivity (Wildman–Crippen MR) is 83.7 cm³/mol. The first-order chi connectivity index (χ1) is 9.96. The summed E-state index contributed by atoms with van der Waals surface area (Å²) in [5, 5.41) is 9.72. The lowest BCUT2D eigenvalue weighted by atomic mass is 10.3. The molecule has 0 atom stereocenters. The van der Waals surface area contributed by atoms with Crippen LogP contribution in [-0.4, -0.2) is 56.7 Å². The number of sulfonamides is 1. The van der Waals surface area contributed by atoms with Crippen LogP contribution in [0, 0.1) is 6.92 Å². The molecule has 0 aliphatic carbocycles. The minimum absolute atomic E-state index is 0.0946. The van der Waals surface area contributed by atoms with Crippen LogP contribution in [0.5, 0.6) is 0 Å². The Morgan fingerprint density at radius 1 is 1.29 bits per heavy atom. The Hall–Kier alpha value is -0.960. The third-order valence-electron chi connectivity index (χ3n) is 3.48. The number of aryl methyl sites for hydroxylation is 1. The van der Waals surface area contributed by atoms with Gasteiger partial charge < -0.3 is 10.2 Å². The van der Waals surface area contributed by atoms with Crippen LogP contribution < -0.4 is 10.0 Å². The quantitative estimate of drug-likeness (QED) is 0.545. The van der Waals surface area contributed by atoms with Crippen molar-refractivity contribution >= 4 is 10.0 Å². The summed E-state index contributed by atoms with van der Waals surface area (Å²) in [5.74, 6) is 0. The number of aromatic amines is 1. The van der Waals surface area contributed by atoms with Crippen LogP contribution in [0.1, 0.15) is 31.5 Å². The van der Waals surface area contributed by atoms with E-state index < -0.39 is 10.0 Å². The summed E-state index contributed by atoms with van der Waals surface area (Å²) >= 11 is 0. The maximum atomic E-state index is 12.3. The largest absolute Gasteiger partial charge is 0.316 e. The molecule has 8 heteroatoms. The maximum Gasteiger partial charge on any atom is 0.260 e. The summed E-state index contributed by atoms with van der Waals surface area (Å²) < 4.78 is 27.2. The van der Waals surface area contributed by atoms with Gasteiger partial charge in [0.15, 0.2) is 5.03 Å². The second kappa shape index (κ2) is 8.47. The Morgan fingerprint density at radius 3 is 2.52 bits per heavy atom. The van der Waals surface area contributed by atoms with Gasteiger partial charge in [0.2, 0.25) is 0 Å². The van der Waals surface area contributed by atoms with Crippen molar-refractivity contribution in [3.05, 3.63) is 11.3 Å². The summed E-state index contributed by atoms with van der Waals surface area (Å²) in [4.78, 5) is 2.26. The fraction of sp³-hybridized carbons (Fsp3) is 0.769. The van der Waals surface area contributed by atoms with E-state index >= 15 is 0 Å². The topological polar surface area (TPSA) is 90.1 Å². The molecule has 1 aromatic rings. The van der Waals surface area contributed by atoms with Gasteiger partial charge in [-0.3, -0.25) is 5.10 Å². The van der Waals surface area contributed by atoms with Crippen LogP contribution in [0.15, 0.2) is 5.03 Å². The van der Waals surface area contributed by atoms with E-state index in [0.717, 1.165) is 31.7 Å². The van der Waals surface area contributed by atoms with E-state index in [1.165, 1.54) is 0 Å². The molecule has 0 spiro atoms. The van der Waals surface area contributed by atoms with Crippen molar-refractivity contribution in [2.45, 2.75) is 38.8 Å². The lowest BCUT2D eigenvalue weighted by Crippen LogP contribution is -2.30. The molecule has 0 saturated carbocycles. The first kappa shape index (κ1) is 18.1. The molecule has 1 heterocycles. The summed E-state index contributed by atoms with van der Waals surface area (Å²) in [7, 11) is -1.78. The highest BCUT2D eigenvalue weighted by Crippen LogP contribution is 2.15. The van der Waals surface area contributed by atoms with Gasteiger partial charge in [-0.2, -0.15) is 5.10 Å². The minimum Gasteiger partial charge on any atom is -0.316 e. The van der Waals surface area contributed by atoms with Crippen molar-refractivity contribution in [2.24, 2.45) is 0 Å². The lowest BCUT2D eigenvalue weighted by Gasteiger charge is -2.17. The van der Waals surface area contributed by atoms with Gasteiger partial charge in [-0.1, -0.05) is 13.8 Å². The highest BCUT2D eigenvalue weighted by molar-refractivity contribution is 7.89. The fourth-order valence-corrected chi connectivity index (χ4v) is 3.42. The smallest absolute Gasteiger partial charge is 0.260 e. The van der Waals surface area contributed by atoms with Crippen molar-refractivity contribution in [2.75, 3.05) is 33.2 Å². The standard InChI is InChI=1S/C13H27N5O2S/c1-5-18(6-2)9-7-8-15-21(19,20)13-12(10-14-4)11(3)16-17-13/h14-15H,5-10H2,1-4H3,(H,16,17). The molecule has 1 rings (SSSR count). The van der Waals surface area contributed by atoms with Crippen molar-refractivity contribution in [3.8, 4) is 0 Å². The van der Waals surface area contributed by atoms with E-state index in [4.69, 9.17) is 0 Å². The number of H-pyrrole nitrogens is 1. The van der Waals surface area contributed by atoms with E-state index in [2.05, 4.69) is 39.0 Å². The van der Waals surface area contributed by atoms with Crippen molar-refractivity contribution in [1.82, 2.24) is 25.1 Å². The molecular formula is C13H27N5O2S. The molecule has 0 radical (unpaired) electrons. The highest BCUT2D eigenvalue weighted by Gasteiger charge is 2.22. The average Bonchev–Trinajstić information content (AvgIpc) is 2.82. The minimum atomic E-state index is -3.55. The van der Waals surface area contributed by atoms with Gasteiger partial charge >= 0.3 is 0 Å². The Labute approximate surface area is 127 Å². The normalized spacial score (nSPS) is 12.2. The molecule has 3 N–H and O–H groups in total. The first-order valence-corrected chi connectivity index (χ1v) is 8.85. The van der Waals surface area contributed by atoms with E-state index in [9.17, 15) is 8.42 Å². The summed E-state index contributed by atoms with van der Waals surface area (Å²) in [6, 6.07) is 0. The molecule has 0 fully saturated rings. The van der Waals surface area contributed by atoms with Gasteiger partial charge in [0.05, 0.1) is 0 Å². The first-order valence-electron chi connectivity index (χ1n) is 7.36. The fourth-order valence-electron chi connectivity index (χ4n) is 2.15. The Bertz CT molecular complexity index is 523. The Morgan fingerprint density at radius 2 is 1.95 bits per heavy atom. The summed E-state index contributed by atoms with van der Waals surface area (Å²) in [6.07, 6.45) is 0.783. The number of aromatic nitrogens is 2. The predicted octanol–water partition coefficient (Wildman–Crippen LogP) is 0.448. The molecule has 0 amide bonds. The number of nitrogens with zero attached hydrogens (tertiary/aromatic N) is 2. The third kappa shape index (κ3) is 5.06. The maximum absolute atomic E-state index is 12.3. The van der Waals surface area contributed by atoms with E-state index in [-0.39, 0.29) is 5.03 Å². The molecule has 0 saturated heterocycles. The molecule has 0 aromatic carbocycles. The molecule has 0 unspecified atom stereocenters. The van der Waals surface area contributed by atoms with Crippen molar-refractivity contribution < 1.29 is 8.42 Å². The van der Waals surface area contributed by atoms with Gasteiger partial charge in [0.1, 0.15) is 0 Å². The lowest BCUT2D eigenvalue weighted by molar-refractivity contribution is 0.300. The summed E-state index contributed by atoms with van der Waals surface area (Å²) in [6.45, 7) is 9.76. The summed E-state index contributed by atoms with van der Waals surface area (Å²) in [5.41, 5.74) is 1.46. The molecule has 21 heavy (non-hydrogen) atoms. The molecule has 0 bridgehead atoms. The van der Waals surface area contributed by atoms with Crippen LogP contribution in [0.4, 0.5) is 0 Å². The van der Waals surface area contributed by atoms with Gasteiger partial charge in [0.25, 0.3) is 10.0 Å². The van der Waals surface area contributed by atoms with E-state index in [0.29, 0.717) is 18.7 Å². The van der Waals surface area contributed by atoms with Gasteiger partial charge in [-0.25, -0.2) is 13.1 Å². The zero-order valence-corrected chi connectivity index (χ0v) is 14.2. The molecule has 1 aromatic heterocycles. The van der Waals surface area contributed by atoms with Crippen LogP contribution in [-0.2, 0) is 16.6 Å². The zero-order chi connectivity index (χ0) is 15.9. The average molecular weight is 317 g/mol. The van der Waals surface area contributed by atoms with Crippen LogP contribution in [0.3, 0.4) is 0 Å². The van der Waals surface area contributed by atoms with Crippen molar-refractivity contribution in [3.63, 3.8) is 0 Å². The Balaban J connectivity index is 2.62. The third-order valence-corrected chi connectivity index (χ3v) is 4.91. The molecule has 7 nitrogen and oxygen atoms in total. The van der Waals surface area contributed by atoms with Crippen LogP contribution in [0.2, 0.25) is 0 Å². The van der Waals surface area contributed by atoms with Crippen LogP contribution in [0.25, 0.3) is 0 Å².